The molecule has 0 atom stereocenters. The van der Waals surface area contributed by atoms with Gasteiger partial charge in [-0.2, -0.15) is 0 Å². The molecule has 0 saturated heterocycles. The maximum Gasteiger partial charge on any atom is 0.132 e. The number of hydrogen-bond acceptors (Lipinski definition) is 1. The summed E-state index contributed by atoms with van der Waals surface area (Å²) in [5.74, 6) is 0.454. The van der Waals surface area contributed by atoms with Gasteiger partial charge in [0.15, 0.2) is 0 Å². The second-order valence-corrected chi connectivity index (χ2v) is 6.41. The molecule has 0 aliphatic carbocycles. The van der Waals surface area contributed by atoms with Gasteiger partial charge < -0.3 is 0 Å². The fraction of sp³-hybridized carbons (Fsp3) is 0.941. The third kappa shape index (κ3) is 16.1. The molecule has 0 amide bonds. The van der Waals surface area contributed by atoms with Crippen molar-refractivity contribution >= 4 is 21.7 Å². The van der Waals surface area contributed by atoms with Crippen LogP contribution in [0.5, 0.6) is 0 Å². The van der Waals surface area contributed by atoms with Crippen LogP contribution >= 0.6 is 15.9 Å². The maximum absolute atomic E-state index is 11.4. The van der Waals surface area contributed by atoms with E-state index in [4.69, 9.17) is 0 Å². The van der Waals surface area contributed by atoms with Gasteiger partial charge in [0.05, 0.1) is 0 Å². The lowest BCUT2D eigenvalue weighted by atomic mass is 10.0. The first-order valence-electron chi connectivity index (χ1n) is 8.39. The number of halogens is 1. The molecule has 2 heteroatoms. The number of Topliss-reactive ketones (excluding diaryl/α,β-unsaturated/α-hetero) is 1. The third-order valence-electron chi connectivity index (χ3n) is 3.65. The van der Waals surface area contributed by atoms with Crippen LogP contribution in [0.1, 0.15) is 96.8 Å². The van der Waals surface area contributed by atoms with Gasteiger partial charge in [0.25, 0.3) is 0 Å². The largest absolute Gasteiger partial charge is 0.300 e. The molecule has 1 nitrogen and oxygen atoms in total. The van der Waals surface area contributed by atoms with Gasteiger partial charge in [0, 0.05) is 18.2 Å². The maximum atomic E-state index is 11.4. The van der Waals surface area contributed by atoms with Crippen molar-refractivity contribution in [1.82, 2.24) is 0 Å². The van der Waals surface area contributed by atoms with Crippen molar-refractivity contribution in [2.24, 2.45) is 0 Å². The lowest BCUT2D eigenvalue weighted by molar-refractivity contribution is -0.119. The summed E-state index contributed by atoms with van der Waals surface area (Å²) in [6, 6.07) is 0. The monoisotopic (exact) mass is 332 g/mol. The summed E-state index contributed by atoms with van der Waals surface area (Å²) in [6.45, 7) is 2.27. The second-order valence-electron chi connectivity index (χ2n) is 5.62. The van der Waals surface area contributed by atoms with Crippen LogP contribution in [0, 0.1) is 0 Å². The van der Waals surface area contributed by atoms with Gasteiger partial charge in [0.2, 0.25) is 0 Å². The fourth-order valence-corrected chi connectivity index (χ4v) is 2.66. The normalized spacial score (nSPS) is 10.8. The molecule has 0 heterocycles. The molecule has 0 spiro atoms. The van der Waals surface area contributed by atoms with Gasteiger partial charge in [-0.05, 0) is 12.8 Å². The minimum Gasteiger partial charge on any atom is -0.300 e. The van der Waals surface area contributed by atoms with Gasteiger partial charge >= 0.3 is 0 Å². The van der Waals surface area contributed by atoms with E-state index in [0.717, 1.165) is 31.0 Å². The van der Waals surface area contributed by atoms with E-state index >= 15 is 0 Å². The number of unbranched alkanes of at least 4 members (excludes halogenated alkanes) is 10. The van der Waals surface area contributed by atoms with Crippen LogP contribution in [0.15, 0.2) is 0 Å². The van der Waals surface area contributed by atoms with Crippen molar-refractivity contribution in [2.45, 2.75) is 96.8 Å². The Bertz CT molecular complexity index is 192. The molecule has 0 bridgehead atoms. The van der Waals surface area contributed by atoms with Crippen molar-refractivity contribution in [2.75, 3.05) is 5.33 Å². The Morgan fingerprint density at radius 3 is 1.58 bits per heavy atom. The molecular weight excluding hydrogens is 300 g/mol. The molecule has 114 valence electrons. The Morgan fingerprint density at radius 1 is 0.684 bits per heavy atom. The third-order valence-corrected chi connectivity index (χ3v) is 4.21. The Kier molecular flexibility index (Phi) is 16.3. The van der Waals surface area contributed by atoms with E-state index < -0.39 is 0 Å². The van der Waals surface area contributed by atoms with Gasteiger partial charge in [-0.15, -0.1) is 0 Å². The summed E-state index contributed by atoms with van der Waals surface area (Å²) in [7, 11) is 0. The Hall–Kier alpha value is 0.150. The first-order chi connectivity index (χ1) is 9.31. The van der Waals surface area contributed by atoms with Crippen LogP contribution in [0.3, 0.4) is 0 Å². The standard InChI is InChI=1S/C17H33BrO/c1-2-3-4-5-6-7-8-9-10-11-12-14-17(19)15-13-16-18/h2-16H2,1H3. The molecule has 0 saturated carbocycles. The van der Waals surface area contributed by atoms with Crippen LogP contribution in [0.2, 0.25) is 0 Å². The van der Waals surface area contributed by atoms with E-state index in [1.165, 1.54) is 64.2 Å². The number of carbonyl (C=O) groups excluding carboxylic acids is 1. The van der Waals surface area contributed by atoms with Crippen molar-refractivity contribution < 1.29 is 4.79 Å². The molecule has 0 radical (unpaired) electrons. The molecule has 0 N–H and O–H groups in total. The molecule has 0 fully saturated rings. The summed E-state index contributed by atoms with van der Waals surface area (Å²) >= 11 is 3.36. The molecule has 0 aliphatic rings. The minimum absolute atomic E-state index is 0.454. The van der Waals surface area contributed by atoms with Gasteiger partial charge in [-0.3, -0.25) is 4.79 Å². The molecule has 0 rings (SSSR count). The number of rotatable bonds is 15. The van der Waals surface area contributed by atoms with Crippen LogP contribution in [-0.4, -0.2) is 11.1 Å². The highest BCUT2D eigenvalue weighted by Gasteiger charge is 2.00. The van der Waals surface area contributed by atoms with E-state index in [2.05, 4.69) is 22.9 Å². The second kappa shape index (κ2) is 16.2. The SMILES string of the molecule is CCCCCCCCCCCCCC(=O)CCCBr. The Labute approximate surface area is 129 Å². The number of hydrogen-bond donors (Lipinski definition) is 0. The molecule has 0 aromatic carbocycles. The summed E-state index contributed by atoms with van der Waals surface area (Å²) in [4.78, 5) is 11.4. The first-order valence-corrected chi connectivity index (χ1v) is 9.51. The molecule has 0 aliphatic heterocycles. The van der Waals surface area contributed by atoms with Crippen molar-refractivity contribution in [3.63, 3.8) is 0 Å². The van der Waals surface area contributed by atoms with Gasteiger partial charge in [-0.1, -0.05) is 87.1 Å². The van der Waals surface area contributed by atoms with E-state index in [-0.39, 0.29) is 0 Å². The highest BCUT2D eigenvalue weighted by molar-refractivity contribution is 9.09. The highest BCUT2D eigenvalue weighted by atomic mass is 79.9. The Morgan fingerprint density at radius 2 is 1.11 bits per heavy atom. The molecule has 0 aromatic heterocycles. The van der Waals surface area contributed by atoms with Gasteiger partial charge in [0.1, 0.15) is 5.78 Å². The van der Waals surface area contributed by atoms with Crippen molar-refractivity contribution in [1.29, 1.82) is 0 Å². The molecular formula is C17H33BrO. The van der Waals surface area contributed by atoms with Crippen LogP contribution < -0.4 is 0 Å². The van der Waals surface area contributed by atoms with Crippen molar-refractivity contribution in [3.8, 4) is 0 Å². The highest BCUT2D eigenvalue weighted by Crippen LogP contribution is 2.12. The average molecular weight is 333 g/mol. The lowest BCUT2D eigenvalue weighted by Gasteiger charge is -2.02. The van der Waals surface area contributed by atoms with Crippen LogP contribution in [0.4, 0.5) is 0 Å². The number of ketones is 1. The Balaban J connectivity index is 3.04. The first kappa shape index (κ1) is 19.1. The zero-order valence-electron chi connectivity index (χ0n) is 12.9. The summed E-state index contributed by atoms with van der Waals surface area (Å²) in [6.07, 6.45) is 17.4. The minimum atomic E-state index is 0.454. The molecule has 0 unspecified atom stereocenters. The smallest absolute Gasteiger partial charge is 0.132 e. The molecule has 0 aromatic rings. The predicted octanol–water partition coefficient (Wildman–Crippen LogP) is 6.43. The van der Waals surface area contributed by atoms with E-state index in [1.807, 2.05) is 0 Å². The lowest BCUT2D eigenvalue weighted by Crippen LogP contribution is -1.97. The van der Waals surface area contributed by atoms with Crippen LogP contribution in [0.25, 0.3) is 0 Å². The zero-order valence-corrected chi connectivity index (χ0v) is 14.5. The summed E-state index contributed by atoms with van der Waals surface area (Å²) in [5, 5.41) is 0.955. The van der Waals surface area contributed by atoms with E-state index in [0.29, 0.717) is 5.78 Å². The zero-order chi connectivity index (χ0) is 14.2. The number of carbonyl (C=O) groups is 1. The molecule has 19 heavy (non-hydrogen) atoms. The topological polar surface area (TPSA) is 17.1 Å². The van der Waals surface area contributed by atoms with Crippen LogP contribution in [-0.2, 0) is 4.79 Å². The van der Waals surface area contributed by atoms with E-state index in [1.54, 1.807) is 0 Å². The summed E-state index contributed by atoms with van der Waals surface area (Å²) in [5.41, 5.74) is 0. The fourth-order valence-electron chi connectivity index (χ4n) is 2.38. The predicted molar refractivity (Wildman–Crippen MR) is 89.1 cm³/mol. The quantitative estimate of drug-likeness (QED) is 0.249. The average Bonchev–Trinajstić information content (AvgIpc) is 2.42. The number of alkyl halides is 1. The van der Waals surface area contributed by atoms with Gasteiger partial charge in [-0.25, -0.2) is 0 Å². The summed E-state index contributed by atoms with van der Waals surface area (Å²) < 4.78 is 0. The van der Waals surface area contributed by atoms with Crippen molar-refractivity contribution in [3.05, 3.63) is 0 Å². The van der Waals surface area contributed by atoms with E-state index in [9.17, 15) is 4.79 Å².